The highest BCUT2D eigenvalue weighted by Crippen LogP contribution is 2.26. The largest absolute Gasteiger partial charge is 0.173 e. The van der Waals surface area contributed by atoms with Gasteiger partial charge in [0.05, 0.1) is 11.7 Å². The fourth-order valence-corrected chi connectivity index (χ4v) is 2.12. The van der Waals surface area contributed by atoms with E-state index in [1.807, 2.05) is 30.3 Å². The van der Waals surface area contributed by atoms with E-state index >= 15 is 0 Å². The molecule has 2 nitrogen and oxygen atoms in total. The molecule has 0 atom stereocenters. The third-order valence-electron chi connectivity index (χ3n) is 2.28. The molecule has 0 amide bonds. The van der Waals surface area contributed by atoms with Crippen LogP contribution >= 0.6 is 11.7 Å². The number of hydrogen-bond acceptors (Lipinski definition) is 3. The summed E-state index contributed by atoms with van der Waals surface area (Å²) in [6.45, 7) is 0. The molecule has 0 bridgehead atoms. The number of hydrogen-bond donors (Lipinski definition) is 0. The van der Waals surface area contributed by atoms with E-state index in [0.717, 1.165) is 22.2 Å². The molecule has 0 N–H and O–H groups in total. The van der Waals surface area contributed by atoms with Gasteiger partial charge >= 0.3 is 0 Å². The molecular weight excluding hydrogens is 204 g/mol. The van der Waals surface area contributed by atoms with Gasteiger partial charge in [0.15, 0.2) is 0 Å². The molecule has 0 aliphatic heterocycles. The molecule has 1 heterocycles. The Morgan fingerprint density at radius 1 is 1.00 bits per heavy atom. The number of benzene rings is 2. The highest BCUT2D eigenvalue weighted by atomic mass is 32.1. The van der Waals surface area contributed by atoms with Crippen LogP contribution in [0, 0.1) is 6.07 Å². The second kappa shape index (κ2) is 3.44. The monoisotopic (exact) mass is 211 g/mol. The average Bonchev–Trinajstić information content (AvgIpc) is 2.78. The molecule has 15 heavy (non-hydrogen) atoms. The van der Waals surface area contributed by atoms with Crippen LogP contribution in [-0.4, -0.2) is 8.75 Å². The maximum atomic E-state index is 4.29. The zero-order valence-corrected chi connectivity index (χ0v) is 8.66. The lowest BCUT2D eigenvalue weighted by Crippen LogP contribution is -1.79. The summed E-state index contributed by atoms with van der Waals surface area (Å²) in [6.07, 6.45) is 0. The first-order chi connectivity index (χ1) is 7.45. The van der Waals surface area contributed by atoms with Crippen molar-refractivity contribution < 1.29 is 0 Å². The van der Waals surface area contributed by atoms with Crippen LogP contribution in [0.1, 0.15) is 0 Å². The second-order valence-corrected chi connectivity index (χ2v) is 3.75. The molecule has 0 saturated heterocycles. The smallest absolute Gasteiger partial charge is 0.113 e. The van der Waals surface area contributed by atoms with Gasteiger partial charge in [0.2, 0.25) is 0 Å². The van der Waals surface area contributed by atoms with E-state index in [1.165, 1.54) is 11.7 Å². The zero-order chi connectivity index (χ0) is 10.1. The van der Waals surface area contributed by atoms with E-state index in [1.54, 1.807) is 0 Å². The summed E-state index contributed by atoms with van der Waals surface area (Å²) in [6, 6.07) is 17.2. The Labute approximate surface area is 91.5 Å². The van der Waals surface area contributed by atoms with Crippen molar-refractivity contribution >= 4 is 22.8 Å². The summed E-state index contributed by atoms with van der Waals surface area (Å²) < 4.78 is 8.51. The van der Waals surface area contributed by atoms with Crippen molar-refractivity contribution in [2.45, 2.75) is 0 Å². The number of fused-ring (bicyclic) bond motifs is 1. The molecular formula is C12H7N2S. The van der Waals surface area contributed by atoms with Crippen LogP contribution in [0.5, 0.6) is 0 Å². The van der Waals surface area contributed by atoms with Crippen LogP contribution in [-0.2, 0) is 0 Å². The fourth-order valence-electron chi connectivity index (χ4n) is 1.58. The molecule has 0 aliphatic rings. The summed E-state index contributed by atoms with van der Waals surface area (Å²) in [5.41, 5.74) is 4.05. The van der Waals surface area contributed by atoms with Gasteiger partial charge in [-0.3, -0.25) is 0 Å². The Morgan fingerprint density at radius 3 is 2.73 bits per heavy atom. The van der Waals surface area contributed by atoms with Crippen LogP contribution in [0.4, 0.5) is 0 Å². The lowest BCUT2D eigenvalue weighted by Gasteiger charge is -2.00. The maximum absolute atomic E-state index is 4.29. The van der Waals surface area contributed by atoms with Gasteiger partial charge in [-0.2, -0.15) is 8.75 Å². The van der Waals surface area contributed by atoms with Gasteiger partial charge < -0.3 is 0 Å². The summed E-state index contributed by atoms with van der Waals surface area (Å²) >= 11 is 1.24. The summed E-state index contributed by atoms with van der Waals surface area (Å²) in [7, 11) is 0. The third-order valence-corrected chi connectivity index (χ3v) is 2.82. The van der Waals surface area contributed by atoms with Gasteiger partial charge in [-0.25, -0.2) is 0 Å². The third kappa shape index (κ3) is 1.41. The molecule has 0 saturated carbocycles. The fraction of sp³-hybridized carbons (Fsp3) is 0. The zero-order valence-electron chi connectivity index (χ0n) is 7.84. The van der Waals surface area contributed by atoms with Gasteiger partial charge in [-0.1, -0.05) is 36.4 Å². The van der Waals surface area contributed by atoms with Crippen molar-refractivity contribution in [3.8, 4) is 11.1 Å². The van der Waals surface area contributed by atoms with Gasteiger partial charge in [0.25, 0.3) is 0 Å². The highest BCUT2D eigenvalue weighted by Gasteiger charge is 2.06. The molecule has 1 aromatic heterocycles. The Kier molecular flexibility index (Phi) is 1.96. The molecule has 71 valence electrons. The van der Waals surface area contributed by atoms with Crippen molar-refractivity contribution in [2.75, 3.05) is 0 Å². The molecule has 0 aliphatic carbocycles. The minimum Gasteiger partial charge on any atom is -0.173 e. The Hall–Kier alpha value is -1.74. The van der Waals surface area contributed by atoms with E-state index < -0.39 is 0 Å². The number of aromatic nitrogens is 2. The van der Waals surface area contributed by atoms with E-state index in [4.69, 9.17) is 0 Å². The van der Waals surface area contributed by atoms with Crippen molar-refractivity contribution in [2.24, 2.45) is 0 Å². The quantitative estimate of drug-likeness (QED) is 0.618. The first-order valence-corrected chi connectivity index (χ1v) is 5.36. The van der Waals surface area contributed by atoms with Gasteiger partial charge in [0, 0.05) is 5.56 Å². The second-order valence-electron chi connectivity index (χ2n) is 3.22. The molecule has 0 fully saturated rings. The van der Waals surface area contributed by atoms with E-state index in [2.05, 4.69) is 26.9 Å². The average molecular weight is 211 g/mol. The van der Waals surface area contributed by atoms with Crippen LogP contribution in [0.15, 0.2) is 42.5 Å². The Morgan fingerprint density at radius 2 is 1.87 bits per heavy atom. The van der Waals surface area contributed by atoms with Crippen molar-refractivity contribution in [1.29, 1.82) is 0 Å². The normalized spacial score (nSPS) is 10.7. The van der Waals surface area contributed by atoms with Crippen molar-refractivity contribution in [3.05, 3.63) is 48.5 Å². The topological polar surface area (TPSA) is 25.8 Å². The SMILES string of the molecule is [c]1ccc2nsnc2c1-c1ccccc1. The maximum Gasteiger partial charge on any atom is 0.113 e. The minimum atomic E-state index is 0.939. The molecule has 3 rings (SSSR count). The van der Waals surface area contributed by atoms with Gasteiger partial charge in [0.1, 0.15) is 11.0 Å². The van der Waals surface area contributed by atoms with Gasteiger partial charge in [-0.05, 0) is 17.7 Å². The van der Waals surface area contributed by atoms with Gasteiger partial charge in [-0.15, -0.1) is 0 Å². The van der Waals surface area contributed by atoms with Crippen molar-refractivity contribution in [1.82, 2.24) is 8.75 Å². The minimum absolute atomic E-state index is 0.939. The Balaban J connectivity index is 2.31. The van der Waals surface area contributed by atoms with E-state index in [0.29, 0.717) is 0 Å². The van der Waals surface area contributed by atoms with Crippen LogP contribution in [0.2, 0.25) is 0 Å². The van der Waals surface area contributed by atoms with Crippen LogP contribution in [0.3, 0.4) is 0 Å². The first kappa shape index (κ1) is 8.56. The lowest BCUT2D eigenvalue weighted by molar-refractivity contribution is 1.59. The summed E-state index contributed by atoms with van der Waals surface area (Å²) in [5.74, 6) is 0. The number of rotatable bonds is 1. The first-order valence-electron chi connectivity index (χ1n) is 4.63. The molecule has 0 spiro atoms. The Bertz CT molecular complexity index is 587. The highest BCUT2D eigenvalue weighted by molar-refractivity contribution is 7.00. The summed E-state index contributed by atoms with van der Waals surface area (Å²) in [5, 5.41) is 0. The predicted octanol–water partition coefficient (Wildman–Crippen LogP) is 3.16. The molecule has 3 heteroatoms. The van der Waals surface area contributed by atoms with Crippen molar-refractivity contribution in [3.63, 3.8) is 0 Å². The predicted molar refractivity (Wildman–Crippen MR) is 61.7 cm³/mol. The molecule has 1 radical (unpaired) electrons. The summed E-state index contributed by atoms with van der Waals surface area (Å²) in [4.78, 5) is 0. The van der Waals surface area contributed by atoms with Crippen LogP contribution in [0.25, 0.3) is 22.2 Å². The van der Waals surface area contributed by atoms with Crippen LogP contribution < -0.4 is 0 Å². The molecule has 2 aromatic carbocycles. The lowest BCUT2D eigenvalue weighted by atomic mass is 10.0. The van der Waals surface area contributed by atoms with E-state index in [9.17, 15) is 0 Å². The molecule has 3 aromatic rings. The number of nitrogens with zero attached hydrogens (tertiary/aromatic N) is 2. The molecule has 0 unspecified atom stereocenters. The standard InChI is InChI=1S/C12H7N2S/c1-2-5-9(6-3-1)10-7-4-8-11-12(10)14-15-13-11/h1-6,8H. The van der Waals surface area contributed by atoms with E-state index in [-0.39, 0.29) is 0 Å².